The molecule has 1 aromatic rings. The highest BCUT2D eigenvalue weighted by Gasteiger charge is 2.37. The van der Waals surface area contributed by atoms with Crippen LogP contribution in [0.3, 0.4) is 0 Å². The van der Waals surface area contributed by atoms with Crippen LogP contribution in [0.4, 0.5) is 5.82 Å². The van der Waals surface area contributed by atoms with Crippen LogP contribution in [0.1, 0.15) is 38.2 Å². The number of aromatic nitrogens is 1. The van der Waals surface area contributed by atoms with Crippen LogP contribution in [0, 0.1) is 5.92 Å². The van der Waals surface area contributed by atoms with Gasteiger partial charge in [-0.1, -0.05) is 6.92 Å². The molecule has 8 nitrogen and oxygen atoms in total. The first-order valence-electron chi connectivity index (χ1n) is 11.0. The minimum atomic E-state index is -1.24. The van der Waals surface area contributed by atoms with Crippen LogP contribution in [-0.2, 0) is 9.53 Å². The molecule has 0 radical (unpaired) electrons. The van der Waals surface area contributed by atoms with E-state index in [4.69, 9.17) is 4.74 Å². The van der Waals surface area contributed by atoms with Crippen molar-refractivity contribution in [1.82, 2.24) is 15.2 Å². The molecular formula is C22H32N4O4. The maximum atomic E-state index is 13.1. The summed E-state index contributed by atoms with van der Waals surface area (Å²) in [5, 5.41) is 25.0. The summed E-state index contributed by atoms with van der Waals surface area (Å²) in [5.74, 6) is 0.596. The number of amides is 1. The van der Waals surface area contributed by atoms with Crippen molar-refractivity contribution in [2.45, 2.75) is 44.9 Å². The number of nitrogens with one attached hydrogen (secondary N) is 1. The van der Waals surface area contributed by atoms with E-state index in [0.29, 0.717) is 43.6 Å². The van der Waals surface area contributed by atoms with E-state index in [1.54, 1.807) is 23.2 Å². The van der Waals surface area contributed by atoms with E-state index < -0.39 is 12.1 Å². The standard InChI is InChI=1S/C22H32N4O4/c1-15-4-6-16(7-5-15)24-21(28)18-19(27)17-3-2-8-23-20(17)26(22(18)29)10-9-25-11-13-30-14-12-25/h2-3,8,15-16,22,27,29H,4-7,9-14H2,1H3,(H,24,28)/t15-,16+,22?. The summed E-state index contributed by atoms with van der Waals surface area (Å²) < 4.78 is 5.40. The van der Waals surface area contributed by atoms with E-state index in [1.807, 2.05) is 0 Å². The molecule has 3 heterocycles. The zero-order valence-electron chi connectivity index (χ0n) is 17.6. The van der Waals surface area contributed by atoms with Crippen LogP contribution in [0.2, 0.25) is 0 Å². The van der Waals surface area contributed by atoms with E-state index in [-0.39, 0.29) is 17.4 Å². The average molecular weight is 417 g/mol. The zero-order valence-corrected chi connectivity index (χ0v) is 17.6. The van der Waals surface area contributed by atoms with E-state index in [2.05, 4.69) is 22.1 Å². The fraction of sp³-hybridized carbons (Fsp3) is 0.636. The average Bonchev–Trinajstić information content (AvgIpc) is 2.76. The number of ether oxygens (including phenoxy) is 1. The molecular weight excluding hydrogens is 384 g/mol. The molecule has 0 bridgehead atoms. The lowest BCUT2D eigenvalue weighted by molar-refractivity contribution is -0.119. The van der Waals surface area contributed by atoms with Gasteiger partial charge in [-0.15, -0.1) is 0 Å². The number of aliphatic hydroxyl groups excluding tert-OH is 2. The molecule has 2 aliphatic heterocycles. The van der Waals surface area contributed by atoms with Gasteiger partial charge in [0.2, 0.25) is 0 Å². The lowest BCUT2D eigenvalue weighted by Gasteiger charge is -2.37. The van der Waals surface area contributed by atoms with Gasteiger partial charge in [0.25, 0.3) is 5.91 Å². The molecule has 3 aliphatic rings. The van der Waals surface area contributed by atoms with Gasteiger partial charge in [0.15, 0.2) is 6.23 Å². The summed E-state index contributed by atoms with van der Waals surface area (Å²) in [7, 11) is 0. The zero-order chi connectivity index (χ0) is 21.1. The second-order valence-electron chi connectivity index (χ2n) is 8.59. The monoisotopic (exact) mass is 416 g/mol. The van der Waals surface area contributed by atoms with E-state index >= 15 is 0 Å². The summed E-state index contributed by atoms with van der Waals surface area (Å²) in [6.45, 7) is 6.52. The van der Waals surface area contributed by atoms with Gasteiger partial charge in [0, 0.05) is 38.4 Å². The fourth-order valence-corrected chi connectivity index (χ4v) is 4.54. The molecule has 1 aromatic heterocycles. The third-order valence-electron chi connectivity index (χ3n) is 6.48. The number of fused-ring (bicyclic) bond motifs is 1. The summed E-state index contributed by atoms with van der Waals surface area (Å²) in [4.78, 5) is 21.4. The maximum absolute atomic E-state index is 13.1. The summed E-state index contributed by atoms with van der Waals surface area (Å²) in [5.41, 5.74) is 0.489. The molecule has 1 saturated carbocycles. The van der Waals surface area contributed by atoms with Gasteiger partial charge in [0.05, 0.1) is 18.8 Å². The topological polar surface area (TPSA) is 98.2 Å². The Morgan fingerprint density at radius 3 is 2.70 bits per heavy atom. The number of hydrogen-bond acceptors (Lipinski definition) is 7. The van der Waals surface area contributed by atoms with Crippen molar-refractivity contribution in [3.63, 3.8) is 0 Å². The number of nitrogens with zero attached hydrogens (tertiary/aromatic N) is 3. The Morgan fingerprint density at radius 2 is 1.97 bits per heavy atom. The first-order chi connectivity index (χ1) is 14.5. The van der Waals surface area contributed by atoms with Crippen molar-refractivity contribution in [2.75, 3.05) is 44.3 Å². The Labute approximate surface area is 177 Å². The van der Waals surface area contributed by atoms with Crippen LogP contribution in [-0.4, -0.2) is 77.7 Å². The molecule has 1 saturated heterocycles. The van der Waals surface area contributed by atoms with Crippen LogP contribution < -0.4 is 10.2 Å². The number of anilines is 1. The van der Waals surface area contributed by atoms with Crippen LogP contribution >= 0.6 is 0 Å². The summed E-state index contributed by atoms with van der Waals surface area (Å²) in [6.07, 6.45) is 4.41. The molecule has 4 rings (SSSR count). The summed E-state index contributed by atoms with van der Waals surface area (Å²) >= 11 is 0. The van der Waals surface area contributed by atoms with Gasteiger partial charge in [-0.25, -0.2) is 4.98 Å². The SMILES string of the molecule is C[C@H]1CC[C@@H](NC(=O)C2=C(O)c3cccnc3N(CCN3CCOCC3)C2O)CC1. The lowest BCUT2D eigenvalue weighted by atomic mass is 9.87. The van der Waals surface area contributed by atoms with Crippen LogP contribution in [0.15, 0.2) is 23.9 Å². The van der Waals surface area contributed by atoms with Gasteiger partial charge < -0.3 is 25.2 Å². The third kappa shape index (κ3) is 4.45. The molecule has 1 atom stereocenters. The first kappa shape index (κ1) is 21.1. The Balaban J connectivity index is 1.52. The van der Waals surface area contributed by atoms with Gasteiger partial charge in [-0.3, -0.25) is 9.69 Å². The summed E-state index contributed by atoms with van der Waals surface area (Å²) in [6, 6.07) is 3.55. The Morgan fingerprint density at radius 1 is 1.23 bits per heavy atom. The fourth-order valence-electron chi connectivity index (χ4n) is 4.54. The molecule has 1 amide bonds. The number of morpholine rings is 1. The predicted molar refractivity (Wildman–Crippen MR) is 114 cm³/mol. The maximum Gasteiger partial charge on any atom is 0.255 e. The number of aliphatic hydroxyl groups is 2. The number of hydrogen-bond donors (Lipinski definition) is 3. The molecule has 0 spiro atoms. The Bertz CT molecular complexity index is 785. The van der Waals surface area contributed by atoms with E-state index in [1.165, 1.54) is 0 Å². The van der Waals surface area contributed by atoms with Gasteiger partial charge in [-0.2, -0.15) is 0 Å². The van der Waals surface area contributed by atoms with E-state index in [9.17, 15) is 15.0 Å². The highest BCUT2D eigenvalue weighted by molar-refractivity contribution is 6.03. The Kier molecular flexibility index (Phi) is 6.55. The van der Waals surface area contributed by atoms with Crippen molar-refractivity contribution < 1.29 is 19.7 Å². The minimum absolute atomic E-state index is 0.0103. The van der Waals surface area contributed by atoms with Crippen molar-refractivity contribution in [3.05, 3.63) is 29.5 Å². The minimum Gasteiger partial charge on any atom is -0.507 e. The molecule has 164 valence electrons. The van der Waals surface area contributed by atoms with Gasteiger partial charge in [0.1, 0.15) is 17.2 Å². The number of pyridine rings is 1. The molecule has 3 N–H and O–H groups in total. The smallest absolute Gasteiger partial charge is 0.255 e. The quantitative estimate of drug-likeness (QED) is 0.669. The van der Waals surface area contributed by atoms with Crippen molar-refractivity contribution in [1.29, 1.82) is 0 Å². The highest BCUT2D eigenvalue weighted by atomic mass is 16.5. The number of carbonyl (C=O) groups is 1. The number of carbonyl (C=O) groups excluding carboxylic acids is 1. The molecule has 30 heavy (non-hydrogen) atoms. The van der Waals surface area contributed by atoms with Gasteiger partial charge in [-0.05, 0) is 43.7 Å². The normalized spacial score (nSPS) is 27.7. The lowest BCUT2D eigenvalue weighted by Crippen LogP contribution is -2.50. The largest absolute Gasteiger partial charge is 0.507 e. The molecule has 1 aliphatic carbocycles. The van der Waals surface area contributed by atoms with Crippen molar-refractivity contribution >= 4 is 17.5 Å². The third-order valence-corrected chi connectivity index (χ3v) is 6.48. The number of rotatable bonds is 5. The molecule has 1 unspecified atom stereocenters. The highest BCUT2D eigenvalue weighted by Crippen LogP contribution is 2.35. The second kappa shape index (κ2) is 9.32. The predicted octanol–water partition coefficient (Wildman–Crippen LogP) is 1.52. The van der Waals surface area contributed by atoms with Crippen molar-refractivity contribution in [2.24, 2.45) is 5.92 Å². The second-order valence-corrected chi connectivity index (χ2v) is 8.59. The Hall–Kier alpha value is -2.16. The first-order valence-corrected chi connectivity index (χ1v) is 11.0. The molecule has 2 fully saturated rings. The molecule has 8 heteroatoms. The van der Waals surface area contributed by atoms with Crippen molar-refractivity contribution in [3.8, 4) is 0 Å². The van der Waals surface area contributed by atoms with Crippen LogP contribution in [0.25, 0.3) is 5.76 Å². The van der Waals surface area contributed by atoms with Crippen LogP contribution in [0.5, 0.6) is 0 Å². The van der Waals surface area contributed by atoms with Gasteiger partial charge >= 0.3 is 0 Å². The molecule has 0 aromatic carbocycles. The van der Waals surface area contributed by atoms with E-state index in [0.717, 1.165) is 38.8 Å².